The molecule has 0 saturated carbocycles. The largest absolute Gasteiger partial charge is 0.354 e. The summed E-state index contributed by atoms with van der Waals surface area (Å²) in [5, 5.41) is 5.21. The standard InChI is InChI=1S/C23H32N6O3S/c1-16-8-11-28(12-9-16)17(18-6-5-13-33-18)14-24-19(30)7-4-10-29-15-25-21-20(29)22(31)27(3)23(32)26(21)2/h5-6,13,15-17H,4,7-12,14H2,1-3H3,(H,24,30). The summed E-state index contributed by atoms with van der Waals surface area (Å²) in [6.07, 6.45) is 4.89. The maximum Gasteiger partial charge on any atom is 0.332 e. The monoisotopic (exact) mass is 472 g/mol. The summed E-state index contributed by atoms with van der Waals surface area (Å²) >= 11 is 1.74. The van der Waals surface area contributed by atoms with Crippen LogP contribution in [0.4, 0.5) is 0 Å². The van der Waals surface area contributed by atoms with E-state index in [-0.39, 0.29) is 17.5 Å². The topological polar surface area (TPSA) is 94.2 Å². The fourth-order valence-electron chi connectivity index (χ4n) is 4.51. The first-order chi connectivity index (χ1) is 15.9. The zero-order chi connectivity index (χ0) is 23.5. The second-order valence-corrected chi connectivity index (χ2v) is 9.95. The van der Waals surface area contributed by atoms with Crippen LogP contribution < -0.4 is 16.6 Å². The molecule has 0 bridgehead atoms. The summed E-state index contributed by atoms with van der Waals surface area (Å²) in [6.45, 7) is 5.51. The number of likely N-dealkylation sites (tertiary alicyclic amines) is 1. The number of carbonyl (C=O) groups is 1. The molecule has 1 unspecified atom stereocenters. The van der Waals surface area contributed by atoms with Gasteiger partial charge in [0.2, 0.25) is 5.91 Å². The summed E-state index contributed by atoms with van der Waals surface area (Å²) < 4.78 is 4.18. The van der Waals surface area contributed by atoms with E-state index in [2.05, 4.69) is 39.6 Å². The van der Waals surface area contributed by atoms with Crippen LogP contribution in [0.15, 0.2) is 33.4 Å². The van der Waals surface area contributed by atoms with Crippen molar-refractivity contribution in [3.63, 3.8) is 0 Å². The number of nitrogens with zero attached hydrogens (tertiary/aromatic N) is 5. The molecule has 3 aromatic heterocycles. The minimum atomic E-state index is -0.402. The summed E-state index contributed by atoms with van der Waals surface area (Å²) in [5.74, 6) is 0.769. The highest BCUT2D eigenvalue weighted by Crippen LogP contribution is 2.29. The van der Waals surface area contributed by atoms with Crippen LogP contribution in [0, 0.1) is 5.92 Å². The van der Waals surface area contributed by atoms with Gasteiger partial charge in [-0.2, -0.15) is 0 Å². The van der Waals surface area contributed by atoms with Gasteiger partial charge in [0.1, 0.15) is 0 Å². The van der Waals surface area contributed by atoms with Crippen LogP contribution in [0.3, 0.4) is 0 Å². The zero-order valence-corrected chi connectivity index (χ0v) is 20.3. The second-order valence-electron chi connectivity index (χ2n) is 8.97. The van der Waals surface area contributed by atoms with Gasteiger partial charge in [-0.15, -0.1) is 11.3 Å². The van der Waals surface area contributed by atoms with Gasteiger partial charge in [-0.25, -0.2) is 9.78 Å². The third kappa shape index (κ3) is 4.96. The van der Waals surface area contributed by atoms with E-state index < -0.39 is 5.69 Å². The van der Waals surface area contributed by atoms with Crippen LogP contribution in [0.2, 0.25) is 0 Å². The van der Waals surface area contributed by atoms with E-state index in [1.807, 2.05) is 0 Å². The van der Waals surface area contributed by atoms with E-state index >= 15 is 0 Å². The Labute approximate surface area is 196 Å². The van der Waals surface area contributed by atoms with Crippen molar-refractivity contribution in [1.82, 2.24) is 28.9 Å². The van der Waals surface area contributed by atoms with Crippen LogP contribution in [0.5, 0.6) is 0 Å². The predicted octanol–water partition coefficient (Wildman–Crippen LogP) is 1.86. The van der Waals surface area contributed by atoms with Crippen molar-refractivity contribution < 1.29 is 4.79 Å². The zero-order valence-electron chi connectivity index (χ0n) is 19.5. The third-order valence-corrected chi connectivity index (χ3v) is 7.62. The van der Waals surface area contributed by atoms with Gasteiger partial charge in [0.25, 0.3) is 5.56 Å². The minimum absolute atomic E-state index is 0.00616. The maximum atomic E-state index is 12.6. The molecule has 4 rings (SSSR count). The molecule has 1 saturated heterocycles. The van der Waals surface area contributed by atoms with Gasteiger partial charge in [-0.05, 0) is 49.7 Å². The number of aryl methyl sites for hydroxylation is 2. The van der Waals surface area contributed by atoms with Crippen molar-refractivity contribution in [2.24, 2.45) is 20.0 Å². The SMILES string of the molecule is CC1CCN(C(CNC(=O)CCCn2cnc3c2c(=O)n(C)c(=O)n3C)c2cccs2)CC1. The fourth-order valence-corrected chi connectivity index (χ4v) is 5.37. The van der Waals surface area contributed by atoms with Crippen molar-refractivity contribution >= 4 is 28.4 Å². The number of rotatable bonds is 8. The Balaban J connectivity index is 1.35. The van der Waals surface area contributed by atoms with E-state index in [0.717, 1.165) is 23.6 Å². The first-order valence-electron chi connectivity index (χ1n) is 11.5. The third-order valence-electron chi connectivity index (χ3n) is 6.64. The van der Waals surface area contributed by atoms with E-state index in [0.29, 0.717) is 37.1 Å². The van der Waals surface area contributed by atoms with Crippen LogP contribution in [-0.2, 0) is 25.4 Å². The average Bonchev–Trinajstić information content (AvgIpc) is 3.48. The maximum absolute atomic E-state index is 12.6. The van der Waals surface area contributed by atoms with Gasteiger partial charge in [0.15, 0.2) is 11.2 Å². The van der Waals surface area contributed by atoms with Crippen LogP contribution >= 0.6 is 11.3 Å². The molecule has 3 aromatic rings. The smallest absolute Gasteiger partial charge is 0.332 e. The van der Waals surface area contributed by atoms with E-state index in [4.69, 9.17) is 0 Å². The number of imidazole rings is 1. The number of thiophene rings is 1. The summed E-state index contributed by atoms with van der Waals surface area (Å²) in [4.78, 5) is 45.2. The second kappa shape index (κ2) is 10.0. The van der Waals surface area contributed by atoms with Crippen LogP contribution in [0.25, 0.3) is 11.2 Å². The lowest BCUT2D eigenvalue weighted by Crippen LogP contribution is -2.41. The van der Waals surface area contributed by atoms with Crippen molar-refractivity contribution in [3.8, 4) is 0 Å². The molecule has 10 heteroatoms. The molecule has 1 atom stereocenters. The Bertz CT molecular complexity index is 1220. The Hall–Kier alpha value is -2.72. The number of piperidine rings is 1. The lowest BCUT2D eigenvalue weighted by Gasteiger charge is -2.36. The molecule has 1 aliphatic rings. The van der Waals surface area contributed by atoms with Crippen LogP contribution in [-0.4, -0.2) is 49.1 Å². The minimum Gasteiger partial charge on any atom is -0.354 e. The molecule has 0 radical (unpaired) electrons. The van der Waals surface area contributed by atoms with Crippen molar-refractivity contribution in [2.45, 2.75) is 45.2 Å². The number of carbonyl (C=O) groups excluding carboxylic acids is 1. The molecule has 1 fully saturated rings. The highest BCUT2D eigenvalue weighted by molar-refractivity contribution is 7.10. The van der Waals surface area contributed by atoms with Crippen molar-refractivity contribution in [3.05, 3.63) is 49.6 Å². The Kier molecular flexibility index (Phi) is 7.14. The van der Waals surface area contributed by atoms with Crippen LogP contribution in [0.1, 0.15) is 43.5 Å². The van der Waals surface area contributed by atoms with Gasteiger partial charge in [0, 0.05) is 38.5 Å². The van der Waals surface area contributed by atoms with E-state index in [1.165, 1.54) is 29.3 Å². The fraction of sp³-hybridized carbons (Fsp3) is 0.565. The number of hydrogen-bond donors (Lipinski definition) is 1. The average molecular weight is 473 g/mol. The van der Waals surface area contributed by atoms with E-state index in [9.17, 15) is 14.4 Å². The van der Waals surface area contributed by atoms with Gasteiger partial charge in [-0.1, -0.05) is 13.0 Å². The van der Waals surface area contributed by atoms with Crippen molar-refractivity contribution in [1.29, 1.82) is 0 Å². The molecule has 0 aromatic carbocycles. The number of fused-ring (bicyclic) bond motifs is 1. The van der Waals surface area contributed by atoms with Gasteiger partial charge in [-0.3, -0.25) is 23.6 Å². The lowest BCUT2D eigenvalue weighted by molar-refractivity contribution is -0.121. The molecule has 0 spiro atoms. The quantitative estimate of drug-likeness (QED) is 0.540. The number of nitrogens with one attached hydrogen (secondary N) is 1. The molecule has 9 nitrogen and oxygen atoms in total. The molecule has 4 heterocycles. The highest BCUT2D eigenvalue weighted by atomic mass is 32.1. The Morgan fingerprint density at radius 2 is 2.00 bits per heavy atom. The van der Waals surface area contributed by atoms with Gasteiger partial charge >= 0.3 is 5.69 Å². The molecule has 1 aliphatic heterocycles. The molecule has 1 amide bonds. The molecule has 178 valence electrons. The normalized spacial score (nSPS) is 16.3. The molecular formula is C23H32N6O3S. The molecule has 0 aliphatic carbocycles. The highest BCUT2D eigenvalue weighted by Gasteiger charge is 2.25. The Morgan fingerprint density at radius 1 is 1.24 bits per heavy atom. The molecule has 33 heavy (non-hydrogen) atoms. The number of aromatic nitrogens is 4. The number of amides is 1. The first kappa shape index (κ1) is 23.4. The number of hydrogen-bond acceptors (Lipinski definition) is 6. The van der Waals surface area contributed by atoms with Crippen molar-refractivity contribution in [2.75, 3.05) is 19.6 Å². The van der Waals surface area contributed by atoms with E-state index in [1.54, 1.807) is 29.3 Å². The Morgan fingerprint density at radius 3 is 2.70 bits per heavy atom. The summed E-state index contributed by atoms with van der Waals surface area (Å²) in [5.41, 5.74) is -0.0236. The first-order valence-corrected chi connectivity index (χ1v) is 12.4. The summed E-state index contributed by atoms with van der Waals surface area (Å²) in [7, 11) is 3.06. The summed E-state index contributed by atoms with van der Waals surface area (Å²) in [6, 6.07) is 4.43. The lowest BCUT2D eigenvalue weighted by atomic mass is 9.97. The predicted molar refractivity (Wildman–Crippen MR) is 129 cm³/mol. The van der Waals surface area contributed by atoms with Gasteiger partial charge < -0.3 is 9.88 Å². The molecular weight excluding hydrogens is 440 g/mol. The van der Waals surface area contributed by atoms with Gasteiger partial charge in [0.05, 0.1) is 12.4 Å². The molecule has 1 N–H and O–H groups in total.